The van der Waals surface area contributed by atoms with E-state index in [1.165, 1.54) is 122 Å². The molecular weight excluding hydrogens is 901 g/mol. The standard InChI is InChI=1S/C67H114O6/c1-4-7-10-13-16-19-22-25-28-31-32-33-34-37-39-42-45-48-51-54-57-60-66(69)72-63-64(73-67(70)61-58-55-52-49-46-43-40-36-30-27-24-21-18-15-12-9-6-3)62-71-65(68)59-56-53-50-47-44-41-38-35-29-26-23-20-17-14-11-8-5-2/h7,9-10,12,16,18-19,21,25,27-28,30,32-33,40,43,64H,4-6,8,11,13-15,17,20,22-24,26,29,31,34-39,41-42,44-63H2,1-3H3/b10-7-,12-9-,19-16-,21-18-,28-25-,30-27-,33-32-,43-40-. The Morgan fingerprint density at radius 3 is 0.836 bits per heavy atom. The van der Waals surface area contributed by atoms with Crippen LogP contribution in [0.25, 0.3) is 0 Å². The van der Waals surface area contributed by atoms with E-state index in [0.29, 0.717) is 19.3 Å². The minimum absolute atomic E-state index is 0.0882. The largest absolute Gasteiger partial charge is 0.462 e. The van der Waals surface area contributed by atoms with Gasteiger partial charge >= 0.3 is 17.9 Å². The molecule has 0 radical (unpaired) electrons. The van der Waals surface area contributed by atoms with Crippen LogP contribution in [-0.4, -0.2) is 37.2 Å². The first-order valence-electron chi connectivity index (χ1n) is 30.7. The summed E-state index contributed by atoms with van der Waals surface area (Å²) in [6.45, 7) is 6.42. The summed E-state index contributed by atoms with van der Waals surface area (Å²) in [7, 11) is 0. The molecule has 6 heteroatoms. The molecule has 1 unspecified atom stereocenters. The van der Waals surface area contributed by atoms with Crippen LogP contribution in [-0.2, 0) is 28.6 Å². The molecule has 418 valence electrons. The van der Waals surface area contributed by atoms with E-state index < -0.39 is 6.10 Å². The van der Waals surface area contributed by atoms with E-state index in [9.17, 15) is 14.4 Å². The highest BCUT2D eigenvalue weighted by Crippen LogP contribution is 2.16. The number of unbranched alkanes of at least 4 members (excludes halogenated alkanes) is 28. The van der Waals surface area contributed by atoms with E-state index in [0.717, 1.165) is 128 Å². The van der Waals surface area contributed by atoms with Crippen LogP contribution in [0.1, 0.15) is 290 Å². The topological polar surface area (TPSA) is 78.9 Å². The summed E-state index contributed by atoms with van der Waals surface area (Å²) in [4.78, 5) is 38.3. The van der Waals surface area contributed by atoms with Crippen molar-refractivity contribution in [1.82, 2.24) is 0 Å². The van der Waals surface area contributed by atoms with E-state index in [4.69, 9.17) is 14.2 Å². The first-order chi connectivity index (χ1) is 36.0. The van der Waals surface area contributed by atoms with Crippen molar-refractivity contribution < 1.29 is 28.6 Å². The highest BCUT2D eigenvalue weighted by molar-refractivity contribution is 5.71. The van der Waals surface area contributed by atoms with Crippen LogP contribution in [0.5, 0.6) is 0 Å². The van der Waals surface area contributed by atoms with E-state index in [1.54, 1.807) is 0 Å². The summed E-state index contributed by atoms with van der Waals surface area (Å²) >= 11 is 0. The Labute approximate surface area is 451 Å². The number of allylic oxidation sites excluding steroid dienone is 16. The van der Waals surface area contributed by atoms with E-state index in [-0.39, 0.29) is 31.1 Å². The van der Waals surface area contributed by atoms with Crippen LogP contribution >= 0.6 is 0 Å². The molecule has 0 N–H and O–H groups in total. The second kappa shape index (κ2) is 60.9. The molecular formula is C67H114O6. The molecule has 0 aromatic rings. The summed E-state index contributed by atoms with van der Waals surface area (Å²) in [5.41, 5.74) is 0. The van der Waals surface area contributed by atoms with Gasteiger partial charge in [0, 0.05) is 19.3 Å². The lowest BCUT2D eigenvalue weighted by Gasteiger charge is -2.18. The molecule has 0 amide bonds. The highest BCUT2D eigenvalue weighted by atomic mass is 16.6. The predicted molar refractivity (Wildman–Crippen MR) is 316 cm³/mol. The van der Waals surface area contributed by atoms with Gasteiger partial charge in [0.25, 0.3) is 0 Å². The van der Waals surface area contributed by atoms with E-state index in [1.807, 2.05) is 0 Å². The molecule has 0 bridgehead atoms. The molecule has 0 aromatic heterocycles. The minimum atomic E-state index is -0.794. The SMILES string of the molecule is CC/C=C\C/C=C\C/C=C\C/C=C\CCCCCCCCCCC(=O)OCC(COC(=O)CCCCCCCCCCCCCCCCCCC)OC(=O)CCCCCC/C=C\C/C=C\C/C=C\C/C=C\CC. The van der Waals surface area contributed by atoms with Gasteiger partial charge in [0.05, 0.1) is 0 Å². The zero-order valence-electron chi connectivity index (χ0n) is 47.9. The van der Waals surface area contributed by atoms with Crippen molar-refractivity contribution in [2.75, 3.05) is 13.2 Å². The van der Waals surface area contributed by atoms with Gasteiger partial charge in [-0.2, -0.15) is 0 Å². The van der Waals surface area contributed by atoms with Crippen molar-refractivity contribution in [3.63, 3.8) is 0 Å². The van der Waals surface area contributed by atoms with Crippen LogP contribution < -0.4 is 0 Å². The second-order valence-corrected chi connectivity index (χ2v) is 20.2. The minimum Gasteiger partial charge on any atom is -0.462 e. The molecule has 0 heterocycles. The van der Waals surface area contributed by atoms with Crippen LogP contribution in [0.2, 0.25) is 0 Å². The third kappa shape index (κ3) is 59.1. The lowest BCUT2D eigenvalue weighted by atomic mass is 10.0. The maximum absolute atomic E-state index is 12.9. The summed E-state index contributed by atoms with van der Waals surface area (Å²) in [6, 6.07) is 0. The highest BCUT2D eigenvalue weighted by Gasteiger charge is 2.19. The van der Waals surface area contributed by atoms with Crippen molar-refractivity contribution in [3.05, 3.63) is 97.2 Å². The third-order valence-electron chi connectivity index (χ3n) is 13.1. The molecule has 0 aliphatic heterocycles. The Morgan fingerprint density at radius 2 is 0.534 bits per heavy atom. The fraction of sp³-hybridized carbons (Fsp3) is 0.716. The lowest BCUT2D eigenvalue weighted by Crippen LogP contribution is -2.30. The average Bonchev–Trinajstić information content (AvgIpc) is 3.39. The summed E-state index contributed by atoms with van der Waals surface area (Å²) in [5, 5.41) is 0. The van der Waals surface area contributed by atoms with Crippen LogP contribution in [0.4, 0.5) is 0 Å². The van der Waals surface area contributed by atoms with Crippen LogP contribution in [0.15, 0.2) is 97.2 Å². The molecule has 6 nitrogen and oxygen atoms in total. The average molecular weight is 1020 g/mol. The second-order valence-electron chi connectivity index (χ2n) is 20.2. The number of carbonyl (C=O) groups excluding carboxylic acids is 3. The van der Waals surface area contributed by atoms with Gasteiger partial charge in [-0.3, -0.25) is 14.4 Å². The summed E-state index contributed by atoms with van der Waals surface area (Å²) < 4.78 is 16.9. The molecule has 1 atom stereocenters. The Kier molecular flexibility index (Phi) is 57.8. The molecule has 73 heavy (non-hydrogen) atoms. The monoisotopic (exact) mass is 1010 g/mol. The first-order valence-corrected chi connectivity index (χ1v) is 30.7. The lowest BCUT2D eigenvalue weighted by molar-refractivity contribution is -0.167. The molecule has 0 aromatic carbocycles. The fourth-order valence-electron chi connectivity index (χ4n) is 8.54. The van der Waals surface area contributed by atoms with Gasteiger partial charge in [-0.25, -0.2) is 0 Å². The Bertz CT molecular complexity index is 1440. The van der Waals surface area contributed by atoms with Crippen molar-refractivity contribution in [1.29, 1.82) is 0 Å². The Balaban J connectivity index is 4.42. The maximum Gasteiger partial charge on any atom is 0.306 e. The Morgan fingerprint density at radius 1 is 0.288 bits per heavy atom. The first kappa shape index (κ1) is 69.3. The zero-order chi connectivity index (χ0) is 52.9. The number of rotatable bonds is 55. The van der Waals surface area contributed by atoms with Gasteiger partial charge in [0.1, 0.15) is 13.2 Å². The molecule has 0 fully saturated rings. The quantitative estimate of drug-likeness (QED) is 0.0261. The number of ether oxygens (including phenoxy) is 3. The zero-order valence-corrected chi connectivity index (χ0v) is 47.9. The molecule has 0 rings (SSSR count). The van der Waals surface area contributed by atoms with Crippen LogP contribution in [0, 0.1) is 0 Å². The van der Waals surface area contributed by atoms with E-state index >= 15 is 0 Å². The van der Waals surface area contributed by atoms with Crippen molar-refractivity contribution >= 4 is 17.9 Å². The number of carbonyl (C=O) groups is 3. The smallest absolute Gasteiger partial charge is 0.306 e. The van der Waals surface area contributed by atoms with Crippen molar-refractivity contribution in [3.8, 4) is 0 Å². The molecule has 0 aliphatic carbocycles. The number of hydrogen-bond donors (Lipinski definition) is 0. The summed E-state index contributed by atoms with van der Waals surface area (Å²) in [6.07, 6.45) is 81.1. The number of hydrogen-bond acceptors (Lipinski definition) is 6. The Hall–Kier alpha value is -3.67. The molecule has 0 spiro atoms. The van der Waals surface area contributed by atoms with Gasteiger partial charge in [0.2, 0.25) is 0 Å². The molecule has 0 saturated carbocycles. The number of esters is 3. The van der Waals surface area contributed by atoms with Gasteiger partial charge in [-0.1, -0.05) is 272 Å². The van der Waals surface area contributed by atoms with Crippen molar-refractivity contribution in [2.24, 2.45) is 0 Å². The normalized spacial score (nSPS) is 12.8. The third-order valence-corrected chi connectivity index (χ3v) is 13.1. The van der Waals surface area contributed by atoms with Gasteiger partial charge in [-0.15, -0.1) is 0 Å². The van der Waals surface area contributed by atoms with Crippen LogP contribution in [0.3, 0.4) is 0 Å². The fourth-order valence-corrected chi connectivity index (χ4v) is 8.54. The van der Waals surface area contributed by atoms with Gasteiger partial charge < -0.3 is 14.2 Å². The maximum atomic E-state index is 12.9. The summed E-state index contributed by atoms with van der Waals surface area (Å²) in [5.74, 6) is -0.911. The predicted octanol–water partition coefficient (Wildman–Crippen LogP) is 20.9. The van der Waals surface area contributed by atoms with Crippen molar-refractivity contribution in [2.45, 2.75) is 297 Å². The molecule has 0 aliphatic rings. The van der Waals surface area contributed by atoms with Gasteiger partial charge in [-0.05, 0) is 96.3 Å². The van der Waals surface area contributed by atoms with Gasteiger partial charge in [0.15, 0.2) is 6.10 Å². The molecule has 0 saturated heterocycles. The van der Waals surface area contributed by atoms with E-state index in [2.05, 4.69) is 118 Å².